The summed E-state index contributed by atoms with van der Waals surface area (Å²) in [5.74, 6) is 1.55. The number of hydrogen-bond acceptors (Lipinski definition) is 4. The van der Waals surface area contributed by atoms with Gasteiger partial charge < -0.3 is 15.2 Å². The summed E-state index contributed by atoms with van der Waals surface area (Å²) in [6.45, 7) is 1.96. The molecule has 0 saturated carbocycles. The van der Waals surface area contributed by atoms with Crippen LogP contribution in [0.2, 0.25) is 0 Å². The second-order valence-electron chi connectivity index (χ2n) is 5.26. The molecule has 0 saturated heterocycles. The Balaban J connectivity index is 2.02. The third-order valence-electron chi connectivity index (χ3n) is 3.84. The number of hydrogen-bond donors (Lipinski definition) is 1. The maximum Gasteiger partial charge on any atom is 0.218 e. The lowest BCUT2D eigenvalue weighted by Crippen LogP contribution is -2.24. The summed E-state index contributed by atoms with van der Waals surface area (Å²) in [6, 6.07) is 5.86. The molecule has 5 nitrogen and oxygen atoms in total. The molecule has 2 heterocycles. The highest BCUT2D eigenvalue weighted by Gasteiger charge is 2.32. The Morgan fingerprint density at radius 2 is 2.24 bits per heavy atom. The van der Waals surface area contributed by atoms with E-state index in [0.717, 1.165) is 32.9 Å². The lowest BCUT2D eigenvalue weighted by atomic mass is 9.93. The Kier molecular flexibility index (Phi) is 3.67. The topological polar surface area (TPSA) is 62.3 Å². The minimum atomic E-state index is -0.141. The number of benzene rings is 1. The van der Waals surface area contributed by atoms with E-state index >= 15 is 0 Å². The van der Waals surface area contributed by atoms with E-state index in [2.05, 4.69) is 21.0 Å². The standard InChI is InChI=1S/C15H18BrN3O2/c1-8-14(15(20-3)19(2)18-8)13-7-11(17)10-6-9(16)4-5-12(10)21-13/h4-6,11,13H,7,17H2,1-3H3/t11-,13?/m0/s1. The predicted octanol–water partition coefficient (Wildman–Crippen LogP) is 3.02. The zero-order valence-electron chi connectivity index (χ0n) is 12.3. The number of aromatic nitrogens is 2. The molecule has 0 spiro atoms. The molecule has 21 heavy (non-hydrogen) atoms. The zero-order chi connectivity index (χ0) is 15.1. The van der Waals surface area contributed by atoms with E-state index in [1.807, 2.05) is 32.2 Å². The molecule has 0 fully saturated rings. The van der Waals surface area contributed by atoms with Crippen LogP contribution in [-0.2, 0) is 7.05 Å². The van der Waals surface area contributed by atoms with Crippen molar-refractivity contribution in [3.8, 4) is 11.6 Å². The quantitative estimate of drug-likeness (QED) is 0.903. The lowest BCUT2D eigenvalue weighted by molar-refractivity contribution is 0.156. The normalized spacial score (nSPS) is 20.8. The molecule has 1 aromatic carbocycles. The number of nitrogens with zero attached hydrogens (tertiary/aromatic N) is 2. The molecule has 0 amide bonds. The first-order valence-corrected chi connectivity index (χ1v) is 7.59. The van der Waals surface area contributed by atoms with Gasteiger partial charge >= 0.3 is 0 Å². The third-order valence-corrected chi connectivity index (χ3v) is 4.33. The summed E-state index contributed by atoms with van der Waals surface area (Å²) < 4.78 is 14.4. The summed E-state index contributed by atoms with van der Waals surface area (Å²) in [5.41, 5.74) is 9.24. The molecule has 3 rings (SSSR count). The number of ether oxygens (including phenoxy) is 2. The fraction of sp³-hybridized carbons (Fsp3) is 0.400. The van der Waals surface area contributed by atoms with Gasteiger partial charge in [0.1, 0.15) is 11.9 Å². The van der Waals surface area contributed by atoms with Crippen LogP contribution in [0, 0.1) is 6.92 Å². The van der Waals surface area contributed by atoms with E-state index in [0.29, 0.717) is 6.42 Å². The van der Waals surface area contributed by atoms with E-state index < -0.39 is 0 Å². The number of methoxy groups -OCH3 is 1. The van der Waals surface area contributed by atoms with Crippen LogP contribution < -0.4 is 15.2 Å². The summed E-state index contributed by atoms with van der Waals surface area (Å²) in [6.07, 6.45) is 0.559. The zero-order valence-corrected chi connectivity index (χ0v) is 13.8. The first-order chi connectivity index (χ1) is 10.0. The number of fused-ring (bicyclic) bond motifs is 1. The summed E-state index contributed by atoms with van der Waals surface area (Å²) in [7, 11) is 3.51. The van der Waals surface area contributed by atoms with Gasteiger partial charge in [-0.2, -0.15) is 5.10 Å². The minimum absolute atomic E-state index is 0.0689. The number of aryl methyl sites for hydroxylation is 2. The van der Waals surface area contributed by atoms with Crippen molar-refractivity contribution in [2.24, 2.45) is 12.8 Å². The first-order valence-electron chi connectivity index (χ1n) is 6.80. The van der Waals surface area contributed by atoms with Gasteiger partial charge in [0.25, 0.3) is 0 Å². The number of rotatable bonds is 2. The highest BCUT2D eigenvalue weighted by molar-refractivity contribution is 9.10. The molecule has 1 aromatic heterocycles. The van der Waals surface area contributed by atoms with Gasteiger partial charge in [-0.3, -0.25) is 0 Å². The Morgan fingerprint density at radius 1 is 1.48 bits per heavy atom. The lowest BCUT2D eigenvalue weighted by Gasteiger charge is -2.30. The Morgan fingerprint density at radius 3 is 2.95 bits per heavy atom. The van der Waals surface area contributed by atoms with Gasteiger partial charge in [0, 0.05) is 29.5 Å². The molecule has 0 radical (unpaired) electrons. The molecule has 2 aromatic rings. The Labute approximate surface area is 132 Å². The summed E-state index contributed by atoms with van der Waals surface area (Å²) in [4.78, 5) is 0. The van der Waals surface area contributed by atoms with Crippen LogP contribution in [-0.4, -0.2) is 16.9 Å². The van der Waals surface area contributed by atoms with Gasteiger partial charge in [-0.05, 0) is 25.1 Å². The van der Waals surface area contributed by atoms with Crippen LogP contribution in [0.5, 0.6) is 11.6 Å². The van der Waals surface area contributed by atoms with Crippen molar-refractivity contribution in [3.63, 3.8) is 0 Å². The molecule has 0 bridgehead atoms. The molecular formula is C15H18BrN3O2. The Hall–Kier alpha value is -1.53. The Bertz CT molecular complexity index is 684. The van der Waals surface area contributed by atoms with E-state index in [1.54, 1.807) is 11.8 Å². The maximum atomic E-state index is 6.32. The van der Waals surface area contributed by atoms with Gasteiger partial charge in [0.15, 0.2) is 0 Å². The van der Waals surface area contributed by atoms with Crippen molar-refractivity contribution in [3.05, 3.63) is 39.5 Å². The van der Waals surface area contributed by atoms with E-state index in [1.165, 1.54) is 0 Å². The highest BCUT2D eigenvalue weighted by atomic mass is 79.9. The first kappa shape index (κ1) is 14.4. The van der Waals surface area contributed by atoms with E-state index in [4.69, 9.17) is 15.2 Å². The minimum Gasteiger partial charge on any atom is -0.485 e. The summed E-state index contributed by atoms with van der Waals surface area (Å²) >= 11 is 3.47. The highest BCUT2D eigenvalue weighted by Crippen LogP contribution is 2.43. The average Bonchev–Trinajstić information content (AvgIpc) is 2.73. The largest absolute Gasteiger partial charge is 0.485 e. The van der Waals surface area contributed by atoms with Crippen LogP contribution in [0.3, 0.4) is 0 Å². The van der Waals surface area contributed by atoms with Gasteiger partial charge in [0.2, 0.25) is 5.88 Å². The van der Waals surface area contributed by atoms with E-state index in [-0.39, 0.29) is 12.1 Å². The van der Waals surface area contributed by atoms with E-state index in [9.17, 15) is 0 Å². The summed E-state index contributed by atoms with van der Waals surface area (Å²) in [5, 5.41) is 4.42. The van der Waals surface area contributed by atoms with Gasteiger partial charge in [0.05, 0.1) is 18.4 Å². The molecular weight excluding hydrogens is 334 g/mol. The molecule has 1 unspecified atom stereocenters. The van der Waals surface area contributed by atoms with Crippen molar-refractivity contribution < 1.29 is 9.47 Å². The SMILES string of the molecule is COc1c(C2C[C@H](N)c3cc(Br)ccc3O2)c(C)nn1C. The van der Waals surface area contributed by atoms with Crippen molar-refractivity contribution in [1.29, 1.82) is 0 Å². The van der Waals surface area contributed by atoms with Crippen molar-refractivity contribution >= 4 is 15.9 Å². The maximum absolute atomic E-state index is 6.32. The molecule has 6 heteroatoms. The van der Waals surface area contributed by atoms with Crippen molar-refractivity contribution in [2.45, 2.75) is 25.5 Å². The number of nitrogens with two attached hydrogens (primary N) is 1. The third kappa shape index (κ3) is 2.42. The van der Waals surface area contributed by atoms with Gasteiger partial charge in [-0.25, -0.2) is 4.68 Å². The van der Waals surface area contributed by atoms with Crippen LogP contribution >= 0.6 is 15.9 Å². The molecule has 2 atom stereocenters. The molecule has 1 aliphatic heterocycles. The molecule has 1 aliphatic rings. The monoisotopic (exact) mass is 351 g/mol. The second-order valence-corrected chi connectivity index (χ2v) is 6.18. The average molecular weight is 352 g/mol. The molecule has 112 valence electrons. The fourth-order valence-corrected chi connectivity index (χ4v) is 3.30. The van der Waals surface area contributed by atoms with Crippen LogP contribution in [0.15, 0.2) is 22.7 Å². The predicted molar refractivity (Wildman–Crippen MR) is 83.6 cm³/mol. The second kappa shape index (κ2) is 5.35. The molecule has 2 N–H and O–H groups in total. The van der Waals surface area contributed by atoms with Crippen LogP contribution in [0.25, 0.3) is 0 Å². The van der Waals surface area contributed by atoms with Gasteiger partial charge in [-0.1, -0.05) is 15.9 Å². The number of halogens is 1. The van der Waals surface area contributed by atoms with Crippen molar-refractivity contribution in [2.75, 3.05) is 7.11 Å². The molecule has 0 aliphatic carbocycles. The van der Waals surface area contributed by atoms with Crippen LogP contribution in [0.1, 0.15) is 35.4 Å². The van der Waals surface area contributed by atoms with Crippen LogP contribution in [0.4, 0.5) is 0 Å². The smallest absolute Gasteiger partial charge is 0.218 e. The van der Waals surface area contributed by atoms with Crippen molar-refractivity contribution in [1.82, 2.24) is 9.78 Å². The van der Waals surface area contributed by atoms with Gasteiger partial charge in [-0.15, -0.1) is 0 Å². The fourth-order valence-electron chi connectivity index (χ4n) is 2.92.